The average Bonchev–Trinajstić information content (AvgIpc) is 2.60. The molecule has 0 aliphatic heterocycles. The number of benzene rings is 1. The van der Waals surface area contributed by atoms with Crippen LogP contribution in [0.4, 0.5) is 0 Å². The van der Waals surface area contributed by atoms with Crippen LogP contribution in [0.15, 0.2) is 28.7 Å². The lowest BCUT2D eigenvalue weighted by molar-refractivity contribution is 0.473. The summed E-state index contributed by atoms with van der Waals surface area (Å²) in [6, 6.07) is 7.28. The normalized spacial score (nSPS) is 12.8. The Balaban J connectivity index is 2.48. The molecule has 0 aliphatic carbocycles. The van der Waals surface area contributed by atoms with Gasteiger partial charge in [-0.15, -0.1) is 0 Å². The number of hydrogen-bond acceptors (Lipinski definition) is 3. The first-order chi connectivity index (χ1) is 7.58. The van der Waals surface area contributed by atoms with Crippen molar-refractivity contribution in [1.82, 2.24) is 4.98 Å². The molecule has 4 heteroatoms. The molecule has 2 N–H and O–H groups in total. The third-order valence-corrected chi connectivity index (χ3v) is 2.52. The van der Waals surface area contributed by atoms with Crippen molar-refractivity contribution >= 4 is 11.6 Å². The number of oxazole rings is 1. The van der Waals surface area contributed by atoms with Crippen LogP contribution in [-0.2, 0) is 0 Å². The van der Waals surface area contributed by atoms with Crippen molar-refractivity contribution in [3.05, 3.63) is 40.9 Å². The van der Waals surface area contributed by atoms with Gasteiger partial charge in [-0.05, 0) is 26.0 Å². The standard InChI is InChI=1S/C12H13ClN2O/c1-7(14)12-15-8(2)11(16-12)9-4-3-5-10(13)6-9/h3-7H,14H2,1-2H3/t7-/m0/s1. The number of aryl methyl sites for hydroxylation is 1. The summed E-state index contributed by atoms with van der Waals surface area (Å²) in [5, 5.41) is 0.677. The Labute approximate surface area is 99.2 Å². The van der Waals surface area contributed by atoms with Crippen molar-refractivity contribution in [2.45, 2.75) is 19.9 Å². The molecule has 0 saturated carbocycles. The van der Waals surface area contributed by atoms with E-state index in [1.165, 1.54) is 0 Å². The lowest BCUT2D eigenvalue weighted by Crippen LogP contribution is -2.04. The molecule has 0 radical (unpaired) electrons. The van der Waals surface area contributed by atoms with Gasteiger partial charge in [0.25, 0.3) is 0 Å². The van der Waals surface area contributed by atoms with Crippen LogP contribution in [0.1, 0.15) is 24.6 Å². The van der Waals surface area contributed by atoms with Crippen molar-refractivity contribution in [3.63, 3.8) is 0 Å². The van der Waals surface area contributed by atoms with Gasteiger partial charge in [0.1, 0.15) is 0 Å². The minimum absolute atomic E-state index is 0.202. The maximum atomic E-state index is 5.93. The summed E-state index contributed by atoms with van der Waals surface area (Å²) in [5.74, 6) is 1.28. The molecule has 0 fully saturated rings. The Kier molecular flexibility index (Phi) is 2.99. The quantitative estimate of drug-likeness (QED) is 0.870. The van der Waals surface area contributed by atoms with Crippen molar-refractivity contribution in [3.8, 4) is 11.3 Å². The minimum Gasteiger partial charge on any atom is -0.439 e. The number of halogens is 1. The zero-order valence-electron chi connectivity index (χ0n) is 9.20. The van der Waals surface area contributed by atoms with Gasteiger partial charge in [-0.2, -0.15) is 0 Å². The summed E-state index contributed by atoms with van der Waals surface area (Å²) < 4.78 is 5.62. The smallest absolute Gasteiger partial charge is 0.211 e. The highest BCUT2D eigenvalue weighted by Gasteiger charge is 2.14. The third-order valence-electron chi connectivity index (χ3n) is 2.29. The predicted molar refractivity (Wildman–Crippen MR) is 64.3 cm³/mol. The van der Waals surface area contributed by atoms with E-state index in [0.29, 0.717) is 10.9 Å². The van der Waals surface area contributed by atoms with Gasteiger partial charge in [0, 0.05) is 10.6 Å². The maximum Gasteiger partial charge on any atom is 0.211 e. The summed E-state index contributed by atoms with van der Waals surface area (Å²) in [7, 11) is 0. The van der Waals surface area contributed by atoms with E-state index in [4.69, 9.17) is 21.8 Å². The molecular weight excluding hydrogens is 224 g/mol. The van der Waals surface area contributed by atoms with Crippen LogP contribution in [-0.4, -0.2) is 4.98 Å². The zero-order chi connectivity index (χ0) is 11.7. The van der Waals surface area contributed by atoms with Crippen molar-refractivity contribution in [1.29, 1.82) is 0 Å². The molecule has 3 nitrogen and oxygen atoms in total. The van der Waals surface area contributed by atoms with Crippen LogP contribution < -0.4 is 5.73 Å². The molecule has 84 valence electrons. The summed E-state index contributed by atoms with van der Waals surface area (Å²) >= 11 is 5.93. The molecule has 0 saturated heterocycles. The van der Waals surface area contributed by atoms with E-state index in [1.807, 2.05) is 38.1 Å². The highest BCUT2D eigenvalue weighted by molar-refractivity contribution is 6.30. The van der Waals surface area contributed by atoms with E-state index in [-0.39, 0.29) is 6.04 Å². The Hall–Kier alpha value is -1.32. The lowest BCUT2D eigenvalue weighted by Gasteiger charge is -1.99. The van der Waals surface area contributed by atoms with Gasteiger partial charge < -0.3 is 10.2 Å². The number of hydrogen-bond donors (Lipinski definition) is 1. The summed E-state index contributed by atoms with van der Waals surface area (Å²) in [4.78, 5) is 4.28. The lowest BCUT2D eigenvalue weighted by atomic mass is 10.1. The molecule has 1 aromatic heterocycles. The second kappa shape index (κ2) is 4.28. The molecule has 0 aliphatic rings. The zero-order valence-corrected chi connectivity index (χ0v) is 9.95. The Morgan fingerprint density at radius 1 is 1.44 bits per heavy atom. The second-order valence-electron chi connectivity index (χ2n) is 3.77. The van der Waals surface area contributed by atoms with Crippen LogP contribution in [0.2, 0.25) is 5.02 Å². The van der Waals surface area contributed by atoms with Gasteiger partial charge in [0.05, 0.1) is 11.7 Å². The van der Waals surface area contributed by atoms with Gasteiger partial charge in [-0.1, -0.05) is 23.7 Å². The number of rotatable bonds is 2. The molecule has 0 spiro atoms. The molecule has 1 heterocycles. The maximum absolute atomic E-state index is 5.93. The van der Waals surface area contributed by atoms with Crippen LogP contribution in [0.3, 0.4) is 0 Å². The molecule has 1 atom stereocenters. The van der Waals surface area contributed by atoms with Gasteiger partial charge in [-0.3, -0.25) is 0 Å². The monoisotopic (exact) mass is 236 g/mol. The molecule has 16 heavy (non-hydrogen) atoms. The Morgan fingerprint density at radius 2 is 2.19 bits per heavy atom. The Bertz CT molecular complexity index is 505. The first kappa shape index (κ1) is 11.2. The van der Waals surface area contributed by atoms with E-state index in [1.54, 1.807) is 0 Å². The third kappa shape index (κ3) is 2.10. The molecule has 0 unspecified atom stereocenters. The van der Waals surface area contributed by atoms with Crippen molar-refractivity contribution in [2.75, 3.05) is 0 Å². The first-order valence-corrected chi connectivity index (χ1v) is 5.44. The topological polar surface area (TPSA) is 52.0 Å². The van der Waals surface area contributed by atoms with E-state index in [9.17, 15) is 0 Å². The first-order valence-electron chi connectivity index (χ1n) is 5.07. The second-order valence-corrected chi connectivity index (χ2v) is 4.20. The Morgan fingerprint density at radius 3 is 2.75 bits per heavy atom. The van der Waals surface area contributed by atoms with Crippen LogP contribution in [0.25, 0.3) is 11.3 Å². The summed E-state index contributed by atoms with van der Waals surface area (Å²) in [6.07, 6.45) is 0. The minimum atomic E-state index is -0.202. The average molecular weight is 237 g/mol. The fraction of sp³-hybridized carbons (Fsp3) is 0.250. The number of nitrogens with two attached hydrogens (primary N) is 1. The van der Waals surface area contributed by atoms with Crippen LogP contribution in [0, 0.1) is 6.92 Å². The van der Waals surface area contributed by atoms with Crippen molar-refractivity contribution < 1.29 is 4.42 Å². The molecular formula is C12H13ClN2O. The highest BCUT2D eigenvalue weighted by Crippen LogP contribution is 2.27. The van der Waals surface area contributed by atoms with E-state index in [0.717, 1.165) is 17.0 Å². The van der Waals surface area contributed by atoms with Crippen LogP contribution >= 0.6 is 11.6 Å². The SMILES string of the molecule is Cc1nc([C@H](C)N)oc1-c1cccc(Cl)c1. The predicted octanol–water partition coefficient (Wildman–Crippen LogP) is 3.32. The molecule has 0 bridgehead atoms. The highest BCUT2D eigenvalue weighted by atomic mass is 35.5. The summed E-state index contributed by atoms with van der Waals surface area (Å²) in [6.45, 7) is 3.73. The van der Waals surface area contributed by atoms with Gasteiger partial charge >= 0.3 is 0 Å². The number of nitrogens with zero attached hydrogens (tertiary/aromatic N) is 1. The summed E-state index contributed by atoms with van der Waals surface area (Å²) in [5.41, 5.74) is 7.47. The molecule has 2 rings (SSSR count). The number of aromatic nitrogens is 1. The van der Waals surface area contributed by atoms with E-state index in [2.05, 4.69) is 4.98 Å². The van der Waals surface area contributed by atoms with Crippen LogP contribution in [0.5, 0.6) is 0 Å². The fourth-order valence-electron chi connectivity index (χ4n) is 1.51. The molecule has 2 aromatic rings. The fourth-order valence-corrected chi connectivity index (χ4v) is 1.70. The van der Waals surface area contributed by atoms with E-state index >= 15 is 0 Å². The molecule has 1 aromatic carbocycles. The van der Waals surface area contributed by atoms with Gasteiger partial charge in [0.2, 0.25) is 5.89 Å². The largest absolute Gasteiger partial charge is 0.439 e. The van der Waals surface area contributed by atoms with Gasteiger partial charge in [0.15, 0.2) is 5.76 Å². The van der Waals surface area contributed by atoms with Gasteiger partial charge in [-0.25, -0.2) is 4.98 Å². The molecule has 0 amide bonds. The van der Waals surface area contributed by atoms with E-state index < -0.39 is 0 Å². The van der Waals surface area contributed by atoms with Crippen molar-refractivity contribution in [2.24, 2.45) is 5.73 Å².